The Kier molecular flexibility index (Phi) is 3.57. The highest BCUT2D eigenvalue weighted by Gasteiger charge is 2.16. The van der Waals surface area contributed by atoms with Crippen LogP contribution in [0.3, 0.4) is 0 Å². The number of rotatable bonds is 3. The van der Waals surface area contributed by atoms with Crippen LogP contribution in [0.25, 0.3) is 0 Å². The molecule has 1 aromatic carbocycles. The van der Waals surface area contributed by atoms with Gasteiger partial charge in [-0.1, -0.05) is 29.8 Å². The van der Waals surface area contributed by atoms with E-state index in [0.29, 0.717) is 12.5 Å². The minimum Gasteiger partial charge on any atom is -0.352 e. The highest BCUT2D eigenvalue weighted by molar-refractivity contribution is 5.78. The lowest BCUT2D eigenvalue weighted by atomic mass is 10.1. The third-order valence-electron chi connectivity index (χ3n) is 2.91. The summed E-state index contributed by atoms with van der Waals surface area (Å²) in [4.78, 5) is 11.7. The molecule has 1 aliphatic heterocycles. The number of aryl methyl sites for hydroxylation is 1. The lowest BCUT2D eigenvalue weighted by molar-refractivity contribution is -0.121. The maximum Gasteiger partial charge on any atom is 0.224 e. The van der Waals surface area contributed by atoms with Crippen molar-refractivity contribution in [1.29, 1.82) is 0 Å². The second-order valence-corrected chi connectivity index (χ2v) is 4.42. The highest BCUT2D eigenvalue weighted by Crippen LogP contribution is 2.04. The molecular weight excluding hydrogens is 200 g/mol. The topological polar surface area (TPSA) is 41.1 Å². The summed E-state index contributed by atoms with van der Waals surface area (Å²) in [5, 5.41) is 6.27. The van der Waals surface area contributed by atoms with Gasteiger partial charge in [0.2, 0.25) is 5.91 Å². The quantitative estimate of drug-likeness (QED) is 0.795. The van der Waals surface area contributed by atoms with Gasteiger partial charge in [-0.15, -0.1) is 0 Å². The number of hydrogen-bond donors (Lipinski definition) is 2. The summed E-state index contributed by atoms with van der Waals surface area (Å²) in [7, 11) is 0. The van der Waals surface area contributed by atoms with Gasteiger partial charge in [0, 0.05) is 12.6 Å². The SMILES string of the molecule is Cc1ccc(CC(=O)N[C@H]2CCNC2)cc1. The molecule has 0 saturated carbocycles. The molecule has 16 heavy (non-hydrogen) atoms. The first kappa shape index (κ1) is 11.1. The number of benzene rings is 1. The Labute approximate surface area is 96.2 Å². The minimum atomic E-state index is 0.123. The fourth-order valence-corrected chi connectivity index (χ4v) is 1.95. The first-order valence-corrected chi connectivity index (χ1v) is 5.79. The minimum absolute atomic E-state index is 0.123. The fourth-order valence-electron chi connectivity index (χ4n) is 1.95. The second kappa shape index (κ2) is 5.12. The molecule has 2 N–H and O–H groups in total. The van der Waals surface area contributed by atoms with Crippen molar-refractivity contribution in [2.45, 2.75) is 25.8 Å². The molecule has 2 rings (SSSR count). The van der Waals surface area contributed by atoms with Gasteiger partial charge in [-0.25, -0.2) is 0 Å². The van der Waals surface area contributed by atoms with E-state index in [1.54, 1.807) is 0 Å². The maximum absolute atomic E-state index is 11.7. The Morgan fingerprint density at radius 3 is 2.81 bits per heavy atom. The van der Waals surface area contributed by atoms with Crippen molar-refractivity contribution < 1.29 is 4.79 Å². The van der Waals surface area contributed by atoms with Gasteiger partial charge in [-0.05, 0) is 25.5 Å². The average Bonchev–Trinajstić information content (AvgIpc) is 2.74. The van der Waals surface area contributed by atoms with Crippen molar-refractivity contribution in [3.63, 3.8) is 0 Å². The molecule has 86 valence electrons. The predicted molar refractivity (Wildman–Crippen MR) is 64.3 cm³/mol. The molecule has 3 heteroatoms. The number of nitrogens with one attached hydrogen (secondary N) is 2. The van der Waals surface area contributed by atoms with Gasteiger partial charge in [0.1, 0.15) is 0 Å². The normalized spacial score (nSPS) is 19.7. The lowest BCUT2D eigenvalue weighted by Crippen LogP contribution is -2.37. The van der Waals surface area contributed by atoms with Crippen molar-refractivity contribution in [3.05, 3.63) is 35.4 Å². The smallest absolute Gasteiger partial charge is 0.224 e. The highest BCUT2D eigenvalue weighted by atomic mass is 16.1. The van der Waals surface area contributed by atoms with Crippen molar-refractivity contribution >= 4 is 5.91 Å². The first-order valence-electron chi connectivity index (χ1n) is 5.79. The molecule has 0 bridgehead atoms. The van der Waals surface area contributed by atoms with E-state index in [4.69, 9.17) is 0 Å². The largest absolute Gasteiger partial charge is 0.352 e. The molecule has 1 heterocycles. The van der Waals surface area contributed by atoms with Gasteiger partial charge in [0.15, 0.2) is 0 Å². The molecular formula is C13H18N2O. The van der Waals surface area contributed by atoms with E-state index in [0.717, 1.165) is 25.1 Å². The van der Waals surface area contributed by atoms with E-state index in [1.165, 1.54) is 5.56 Å². The average molecular weight is 218 g/mol. The van der Waals surface area contributed by atoms with Crippen LogP contribution in [0.1, 0.15) is 17.5 Å². The van der Waals surface area contributed by atoms with E-state index in [2.05, 4.69) is 10.6 Å². The Morgan fingerprint density at radius 2 is 2.19 bits per heavy atom. The van der Waals surface area contributed by atoms with E-state index in [1.807, 2.05) is 31.2 Å². The third-order valence-corrected chi connectivity index (χ3v) is 2.91. The molecule has 0 spiro atoms. The van der Waals surface area contributed by atoms with Crippen LogP contribution in [0.4, 0.5) is 0 Å². The Bertz CT molecular complexity index is 353. The number of carbonyl (C=O) groups is 1. The summed E-state index contributed by atoms with van der Waals surface area (Å²) in [5.74, 6) is 0.123. The predicted octanol–water partition coefficient (Wildman–Crippen LogP) is 1.02. The van der Waals surface area contributed by atoms with Gasteiger partial charge < -0.3 is 10.6 Å². The van der Waals surface area contributed by atoms with Crippen LogP contribution in [0.15, 0.2) is 24.3 Å². The van der Waals surface area contributed by atoms with Crippen LogP contribution in [0.2, 0.25) is 0 Å². The molecule has 3 nitrogen and oxygen atoms in total. The summed E-state index contributed by atoms with van der Waals surface area (Å²) >= 11 is 0. The van der Waals surface area contributed by atoms with Gasteiger partial charge >= 0.3 is 0 Å². The summed E-state index contributed by atoms with van der Waals surface area (Å²) in [6.07, 6.45) is 1.52. The summed E-state index contributed by atoms with van der Waals surface area (Å²) in [6, 6.07) is 8.43. The molecule has 1 aromatic rings. The number of carbonyl (C=O) groups excluding carboxylic acids is 1. The molecule has 0 radical (unpaired) electrons. The lowest BCUT2D eigenvalue weighted by Gasteiger charge is -2.11. The zero-order chi connectivity index (χ0) is 11.4. The Balaban J connectivity index is 1.84. The molecule has 1 saturated heterocycles. The summed E-state index contributed by atoms with van der Waals surface area (Å²) < 4.78 is 0. The van der Waals surface area contributed by atoms with Crippen LogP contribution >= 0.6 is 0 Å². The number of hydrogen-bond acceptors (Lipinski definition) is 2. The van der Waals surface area contributed by atoms with Gasteiger partial charge in [-0.3, -0.25) is 4.79 Å². The molecule has 1 aliphatic rings. The maximum atomic E-state index is 11.7. The van der Waals surface area contributed by atoms with Gasteiger partial charge in [0.05, 0.1) is 6.42 Å². The summed E-state index contributed by atoms with van der Waals surface area (Å²) in [5.41, 5.74) is 2.30. The zero-order valence-electron chi connectivity index (χ0n) is 9.62. The van der Waals surface area contributed by atoms with Gasteiger partial charge in [-0.2, -0.15) is 0 Å². The van der Waals surface area contributed by atoms with Crippen LogP contribution < -0.4 is 10.6 Å². The molecule has 1 amide bonds. The molecule has 0 aliphatic carbocycles. The summed E-state index contributed by atoms with van der Waals surface area (Å²) in [6.45, 7) is 3.96. The molecule has 0 aromatic heterocycles. The molecule has 0 unspecified atom stereocenters. The van der Waals surface area contributed by atoms with E-state index in [-0.39, 0.29) is 5.91 Å². The van der Waals surface area contributed by atoms with Crippen LogP contribution in [0, 0.1) is 6.92 Å². The van der Waals surface area contributed by atoms with E-state index in [9.17, 15) is 4.79 Å². The monoisotopic (exact) mass is 218 g/mol. The van der Waals surface area contributed by atoms with Crippen LogP contribution in [-0.2, 0) is 11.2 Å². The van der Waals surface area contributed by atoms with Crippen molar-refractivity contribution in [2.75, 3.05) is 13.1 Å². The van der Waals surface area contributed by atoms with Crippen molar-refractivity contribution in [3.8, 4) is 0 Å². The van der Waals surface area contributed by atoms with E-state index >= 15 is 0 Å². The van der Waals surface area contributed by atoms with Gasteiger partial charge in [0.25, 0.3) is 0 Å². The van der Waals surface area contributed by atoms with Crippen molar-refractivity contribution in [2.24, 2.45) is 0 Å². The second-order valence-electron chi connectivity index (χ2n) is 4.42. The molecule has 1 atom stereocenters. The van der Waals surface area contributed by atoms with E-state index < -0.39 is 0 Å². The van der Waals surface area contributed by atoms with Crippen LogP contribution in [0.5, 0.6) is 0 Å². The van der Waals surface area contributed by atoms with Crippen LogP contribution in [-0.4, -0.2) is 25.0 Å². The fraction of sp³-hybridized carbons (Fsp3) is 0.462. The third kappa shape index (κ3) is 3.07. The standard InChI is InChI=1S/C13H18N2O/c1-10-2-4-11(5-3-10)8-13(16)15-12-6-7-14-9-12/h2-5,12,14H,6-9H2,1H3,(H,15,16)/t12-/m0/s1. The Morgan fingerprint density at radius 1 is 1.44 bits per heavy atom. The van der Waals surface area contributed by atoms with Crippen molar-refractivity contribution in [1.82, 2.24) is 10.6 Å². The Hall–Kier alpha value is -1.35. The zero-order valence-corrected chi connectivity index (χ0v) is 9.62. The first-order chi connectivity index (χ1) is 7.74. The molecule has 1 fully saturated rings. The number of amides is 1.